The number of carbonyl (C=O) groups excluding carboxylic acids is 1. The van der Waals surface area contributed by atoms with Crippen LogP contribution in [0.1, 0.15) is 8.35 Å². The minimum absolute atomic E-state index is 0. The summed E-state index contributed by atoms with van der Waals surface area (Å²) in [6.07, 6.45) is -0.389. The molecule has 0 heterocycles. The predicted molar refractivity (Wildman–Crippen MR) is 39.0 cm³/mol. The second kappa shape index (κ2) is 6.35. The molecule has 0 aliphatic carbocycles. The van der Waals surface area contributed by atoms with Crippen molar-refractivity contribution in [2.45, 2.75) is 6.92 Å². The third-order valence-electron chi connectivity index (χ3n) is 0.851. The van der Waals surface area contributed by atoms with Gasteiger partial charge in [0.15, 0.2) is 0 Å². The van der Waals surface area contributed by atoms with Gasteiger partial charge in [-0.1, -0.05) is 0 Å². The molecule has 0 radical (unpaired) electrons. The SMILES string of the molecule is CCOC(=O)NCCOC.[HH]. The average molecular weight is 149 g/mol. The largest absolute Gasteiger partial charge is 0.450 e. The lowest BCUT2D eigenvalue weighted by atomic mass is 10.7. The molecule has 0 rings (SSSR count). The number of hydrogen-bond acceptors (Lipinski definition) is 3. The summed E-state index contributed by atoms with van der Waals surface area (Å²) in [6, 6.07) is 0. The molecule has 0 fully saturated rings. The Hall–Kier alpha value is -0.770. The topological polar surface area (TPSA) is 47.6 Å². The van der Waals surface area contributed by atoms with Gasteiger partial charge >= 0.3 is 6.09 Å². The van der Waals surface area contributed by atoms with Gasteiger partial charge in [0.05, 0.1) is 13.2 Å². The van der Waals surface area contributed by atoms with Gasteiger partial charge in [0.25, 0.3) is 0 Å². The molecule has 4 nitrogen and oxygen atoms in total. The molecule has 10 heavy (non-hydrogen) atoms. The number of methoxy groups -OCH3 is 1. The van der Waals surface area contributed by atoms with Crippen molar-refractivity contribution in [2.75, 3.05) is 26.9 Å². The number of amides is 1. The van der Waals surface area contributed by atoms with E-state index in [0.29, 0.717) is 19.8 Å². The van der Waals surface area contributed by atoms with E-state index in [1.807, 2.05) is 0 Å². The van der Waals surface area contributed by atoms with Gasteiger partial charge in [-0.3, -0.25) is 0 Å². The summed E-state index contributed by atoms with van der Waals surface area (Å²) < 4.78 is 9.28. The fourth-order valence-electron chi connectivity index (χ4n) is 0.437. The Morgan fingerprint density at radius 3 is 2.90 bits per heavy atom. The molecule has 4 heteroatoms. The summed E-state index contributed by atoms with van der Waals surface area (Å²) in [5.41, 5.74) is 0. The first-order valence-electron chi connectivity index (χ1n) is 3.20. The Labute approximate surface area is 62.0 Å². The van der Waals surface area contributed by atoms with Crippen LogP contribution in [-0.4, -0.2) is 33.0 Å². The Balaban J connectivity index is 0. The van der Waals surface area contributed by atoms with Gasteiger partial charge in [0.1, 0.15) is 0 Å². The van der Waals surface area contributed by atoms with Gasteiger partial charge in [-0.05, 0) is 6.92 Å². The van der Waals surface area contributed by atoms with E-state index in [1.165, 1.54) is 0 Å². The summed E-state index contributed by atoms with van der Waals surface area (Å²) in [4.78, 5) is 10.5. The number of alkyl carbamates (subject to hydrolysis) is 1. The van der Waals surface area contributed by atoms with Gasteiger partial charge < -0.3 is 14.8 Å². The van der Waals surface area contributed by atoms with E-state index >= 15 is 0 Å². The molecule has 62 valence electrons. The van der Waals surface area contributed by atoms with Gasteiger partial charge in [0.2, 0.25) is 0 Å². The number of nitrogens with one attached hydrogen (secondary N) is 1. The van der Waals surface area contributed by atoms with Crippen LogP contribution in [0.25, 0.3) is 0 Å². The first-order valence-corrected chi connectivity index (χ1v) is 3.20. The summed E-state index contributed by atoms with van der Waals surface area (Å²) in [5.74, 6) is 0. The number of rotatable bonds is 4. The highest BCUT2D eigenvalue weighted by molar-refractivity contribution is 5.66. The zero-order chi connectivity index (χ0) is 7.82. The molecular formula is C6H15NO3. The van der Waals surface area contributed by atoms with Gasteiger partial charge in [0, 0.05) is 15.1 Å². The van der Waals surface area contributed by atoms with Crippen LogP contribution in [0.5, 0.6) is 0 Å². The number of hydrogen-bond donors (Lipinski definition) is 1. The first kappa shape index (κ1) is 9.23. The third-order valence-corrected chi connectivity index (χ3v) is 0.851. The molecule has 0 aromatic carbocycles. The minimum Gasteiger partial charge on any atom is -0.450 e. The second-order valence-electron chi connectivity index (χ2n) is 1.64. The van der Waals surface area contributed by atoms with Crippen molar-refractivity contribution in [1.82, 2.24) is 5.32 Å². The van der Waals surface area contributed by atoms with Crippen molar-refractivity contribution in [3.05, 3.63) is 0 Å². The van der Waals surface area contributed by atoms with E-state index < -0.39 is 0 Å². The van der Waals surface area contributed by atoms with Crippen LogP contribution >= 0.6 is 0 Å². The predicted octanol–water partition coefficient (Wildman–Crippen LogP) is 0.625. The lowest BCUT2D eigenvalue weighted by Crippen LogP contribution is -2.27. The van der Waals surface area contributed by atoms with Crippen molar-refractivity contribution in [1.29, 1.82) is 0 Å². The minimum atomic E-state index is -0.389. The monoisotopic (exact) mass is 149 g/mol. The summed E-state index contributed by atoms with van der Waals surface area (Å²) in [5, 5.41) is 2.50. The maximum absolute atomic E-state index is 10.5. The van der Waals surface area contributed by atoms with Crippen LogP contribution < -0.4 is 5.32 Å². The fourth-order valence-corrected chi connectivity index (χ4v) is 0.437. The lowest BCUT2D eigenvalue weighted by Gasteiger charge is -2.02. The quantitative estimate of drug-likeness (QED) is 0.596. The molecule has 0 atom stereocenters. The van der Waals surface area contributed by atoms with Crippen LogP contribution in [0.15, 0.2) is 0 Å². The van der Waals surface area contributed by atoms with Crippen LogP contribution in [0.4, 0.5) is 4.79 Å². The fraction of sp³-hybridized carbons (Fsp3) is 0.833. The Morgan fingerprint density at radius 2 is 2.40 bits per heavy atom. The molecule has 0 saturated heterocycles. The van der Waals surface area contributed by atoms with Crippen molar-refractivity contribution >= 4 is 6.09 Å². The molecule has 0 spiro atoms. The maximum Gasteiger partial charge on any atom is 0.407 e. The van der Waals surface area contributed by atoms with Crippen LogP contribution in [0.3, 0.4) is 0 Å². The smallest absolute Gasteiger partial charge is 0.407 e. The van der Waals surface area contributed by atoms with E-state index in [2.05, 4.69) is 10.1 Å². The Bertz CT molecular complexity index is 99.8. The van der Waals surface area contributed by atoms with E-state index in [9.17, 15) is 4.79 Å². The standard InChI is InChI=1S/C6H13NO3.H2/c1-3-10-6(8)7-4-5-9-2;/h3-5H2,1-2H3,(H,7,8);1H. The Kier molecular flexibility index (Phi) is 5.86. The molecule has 0 aromatic heterocycles. The zero-order valence-corrected chi connectivity index (χ0v) is 6.35. The van der Waals surface area contributed by atoms with Crippen LogP contribution in [0.2, 0.25) is 0 Å². The second-order valence-corrected chi connectivity index (χ2v) is 1.64. The highest BCUT2D eigenvalue weighted by Gasteiger charge is 1.96. The molecule has 0 aromatic rings. The molecule has 0 aliphatic rings. The van der Waals surface area contributed by atoms with E-state index in [4.69, 9.17) is 4.74 Å². The summed E-state index contributed by atoms with van der Waals surface area (Å²) in [7, 11) is 1.58. The zero-order valence-electron chi connectivity index (χ0n) is 6.35. The van der Waals surface area contributed by atoms with Crippen molar-refractivity contribution in [2.24, 2.45) is 0 Å². The molecule has 0 unspecified atom stereocenters. The maximum atomic E-state index is 10.5. The number of ether oxygens (including phenoxy) is 2. The molecule has 0 saturated carbocycles. The molecule has 0 bridgehead atoms. The van der Waals surface area contributed by atoms with E-state index in [0.717, 1.165) is 0 Å². The molecule has 1 N–H and O–H groups in total. The average Bonchev–Trinajstić information content (AvgIpc) is 1.89. The third kappa shape index (κ3) is 5.37. The van der Waals surface area contributed by atoms with Crippen LogP contribution in [0, 0.1) is 0 Å². The number of carbonyl (C=O) groups is 1. The lowest BCUT2D eigenvalue weighted by molar-refractivity contribution is 0.144. The van der Waals surface area contributed by atoms with E-state index in [-0.39, 0.29) is 7.52 Å². The molecule has 1 amide bonds. The van der Waals surface area contributed by atoms with Crippen molar-refractivity contribution in [3.8, 4) is 0 Å². The highest BCUT2D eigenvalue weighted by atomic mass is 16.5. The molecular weight excluding hydrogens is 134 g/mol. The molecule has 0 aliphatic heterocycles. The summed E-state index contributed by atoms with van der Waals surface area (Å²) >= 11 is 0. The van der Waals surface area contributed by atoms with Crippen LogP contribution in [-0.2, 0) is 9.47 Å². The van der Waals surface area contributed by atoms with Crippen molar-refractivity contribution in [3.63, 3.8) is 0 Å². The van der Waals surface area contributed by atoms with Gasteiger partial charge in [-0.2, -0.15) is 0 Å². The van der Waals surface area contributed by atoms with Crippen molar-refractivity contribution < 1.29 is 15.7 Å². The van der Waals surface area contributed by atoms with Gasteiger partial charge in [-0.25, -0.2) is 4.79 Å². The normalized spacial score (nSPS) is 9.00. The van der Waals surface area contributed by atoms with E-state index in [1.54, 1.807) is 14.0 Å². The first-order chi connectivity index (χ1) is 4.81. The summed E-state index contributed by atoms with van der Waals surface area (Å²) in [6.45, 7) is 3.17. The highest BCUT2D eigenvalue weighted by Crippen LogP contribution is 1.74. The van der Waals surface area contributed by atoms with Gasteiger partial charge in [-0.15, -0.1) is 0 Å². The Morgan fingerprint density at radius 1 is 1.70 bits per heavy atom.